The molecule has 1 fully saturated rings. The van der Waals surface area contributed by atoms with Crippen molar-refractivity contribution in [3.63, 3.8) is 0 Å². The predicted octanol–water partition coefficient (Wildman–Crippen LogP) is 2.29. The van der Waals surface area contributed by atoms with E-state index in [9.17, 15) is 9.59 Å². The molecule has 2 heterocycles. The first kappa shape index (κ1) is 14.0. The van der Waals surface area contributed by atoms with Crippen molar-refractivity contribution >= 4 is 28.9 Å². The second-order valence-electron chi connectivity index (χ2n) is 4.36. The van der Waals surface area contributed by atoms with Gasteiger partial charge in [-0.25, -0.2) is 4.79 Å². The molecule has 0 aliphatic carbocycles. The standard InChI is InChI=1S/C13H17NO4S/c1-3-10-8(4-6-18-10)12(15)14-9-5-7-19-11(9)13(16)17-2/h5,7-8,10H,3-4,6H2,1-2H3,(H,14,15). The van der Waals surface area contributed by atoms with E-state index in [-0.39, 0.29) is 17.9 Å². The molecule has 0 aromatic carbocycles. The molecule has 6 heteroatoms. The van der Waals surface area contributed by atoms with Gasteiger partial charge in [0.05, 0.1) is 24.8 Å². The summed E-state index contributed by atoms with van der Waals surface area (Å²) >= 11 is 1.25. The summed E-state index contributed by atoms with van der Waals surface area (Å²) in [6.45, 7) is 2.62. The third-order valence-electron chi connectivity index (χ3n) is 3.24. The van der Waals surface area contributed by atoms with Crippen molar-refractivity contribution < 1.29 is 19.1 Å². The largest absolute Gasteiger partial charge is 0.465 e. The molecule has 19 heavy (non-hydrogen) atoms. The van der Waals surface area contributed by atoms with Gasteiger partial charge in [-0.3, -0.25) is 4.79 Å². The van der Waals surface area contributed by atoms with E-state index in [4.69, 9.17) is 4.74 Å². The lowest BCUT2D eigenvalue weighted by atomic mass is 9.98. The maximum absolute atomic E-state index is 12.2. The van der Waals surface area contributed by atoms with Crippen LogP contribution in [0.25, 0.3) is 0 Å². The Morgan fingerprint density at radius 1 is 1.58 bits per heavy atom. The van der Waals surface area contributed by atoms with Crippen molar-refractivity contribution in [2.45, 2.75) is 25.9 Å². The smallest absolute Gasteiger partial charge is 0.350 e. The Hall–Kier alpha value is -1.40. The van der Waals surface area contributed by atoms with Gasteiger partial charge < -0.3 is 14.8 Å². The van der Waals surface area contributed by atoms with Crippen molar-refractivity contribution in [3.8, 4) is 0 Å². The highest BCUT2D eigenvalue weighted by atomic mass is 32.1. The highest BCUT2D eigenvalue weighted by Gasteiger charge is 2.33. The van der Waals surface area contributed by atoms with Gasteiger partial charge in [0.2, 0.25) is 5.91 Å². The van der Waals surface area contributed by atoms with Crippen molar-refractivity contribution in [1.29, 1.82) is 0 Å². The van der Waals surface area contributed by atoms with Crippen LogP contribution in [0.5, 0.6) is 0 Å². The van der Waals surface area contributed by atoms with E-state index in [1.54, 1.807) is 11.4 Å². The Morgan fingerprint density at radius 3 is 3.05 bits per heavy atom. The van der Waals surface area contributed by atoms with Gasteiger partial charge in [-0.1, -0.05) is 6.92 Å². The molecular formula is C13H17NO4S. The van der Waals surface area contributed by atoms with Crippen LogP contribution in [0.2, 0.25) is 0 Å². The maximum atomic E-state index is 12.2. The molecule has 1 saturated heterocycles. The number of esters is 1. The number of carbonyl (C=O) groups excluding carboxylic acids is 2. The fraction of sp³-hybridized carbons (Fsp3) is 0.538. The van der Waals surface area contributed by atoms with Crippen molar-refractivity contribution in [2.75, 3.05) is 19.0 Å². The maximum Gasteiger partial charge on any atom is 0.350 e. The third-order valence-corrected chi connectivity index (χ3v) is 4.14. The number of carbonyl (C=O) groups is 2. The molecule has 2 rings (SSSR count). The highest BCUT2D eigenvalue weighted by Crippen LogP contribution is 2.28. The lowest BCUT2D eigenvalue weighted by Crippen LogP contribution is -2.29. The van der Waals surface area contributed by atoms with Crippen LogP contribution in [0.1, 0.15) is 29.4 Å². The van der Waals surface area contributed by atoms with E-state index < -0.39 is 5.97 Å². The van der Waals surface area contributed by atoms with Gasteiger partial charge in [0, 0.05) is 6.61 Å². The van der Waals surface area contributed by atoms with Crippen molar-refractivity contribution in [3.05, 3.63) is 16.3 Å². The normalized spacial score (nSPS) is 22.2. The van der Waals surface area contributed by atoms with Crippen molar-refractivity contribution in [2.24, 2.45) is 5.92 Å². The SMILES string of the molecule is CCC1OCCC1C(=O)Nc1ccsc1C(=O)OC. The van der Waals surface area contributed by atoms with Gasteiger partial charge in [-0.15, -0.1) is 11.3 Å². The van der Waals surface area contributed by atoms with Gasteiger partial charge >= 0.3 is 5.97 Å². The van der Waals surface area contributed by atoms with E-state index in [1.807, 2.05) is 6.92 Å². The van der Waals surface area contributed by atoms with E-state index in [2.05, 4.69) is 10.1 Å². The van der Waals surface area contributed by atoms with Crippen LogP contribution < -0.4 is 5.32 Å². The van der Waals surface area contributed by atoms with E-state index in [1.165, 1.54) is 18.4 Å². The minimum atomic E-state index is -0.431. The zero-order valence-electron chi connectivity index (χ0n) is 11.0. The lowest BCUT2D eigenvalue weighted by molar-refractivity contribution is -0.121. The van der Waals surface area contributed by atoms with Gasteiger partial charge in [-0.2, -0.15) is 0 Å². The fourth-order valence-corrected chi connectivity index (χ4v) is 3.00. The monoisotopic (exact) mass is 283 g/mol. The molecule has 0 saturated carbocycles. The zero-order valence-corrected chi connectivity index (χ0v) is 11.8. The fourth-order valence-electron chi connectivity index (χ4n) is 2.23. The summed E-state index contributed by atoms with van der Waals surface area (Å²) in [7, 11) is 1.32. The first-order valence-corrected chi connectivity index (χ1v) is 7.13. The van der Waals surface area contributed by atoms with Gasteiger partial charge in [0.15, 0.2) is 0 Å². The average molecular weight is 283 g/mol. The number of nitrogens with one attached hydrogen (secondary N) is 1. The molecular weight excluding hydrogens is 266 g/mol. The second kappa shape index (κ2) is 6.16. The molecule has 0 radical (unpaired) electrons. The molecule has 5 nitrogen and oxygen atoms in total. The second-order valence-corrected chi connectivity index (χ2v) is 5.27. The predicted molar refractivity (Wildman–Crippen MR) is 72.4 cm³/mol. The minimum Gasteiger partial charge on any atom is -0.465 e. The third kappa shape index (κ3) is 2.96. The van der Waals surface area contributed by atoms with E-state index >= 15 is 0 Å². The van der Waals surface area contributed by atoms with Crippen LogP contribution in [0.15, 0.2) is 11.4 Å². The number of hydrogen-bond acceptors (Lipinski definition) is 5. The summed E-state index contributed by atoms with van der Waals surface area (Å²) in [5.41, 5.74) is 0.517. The number of methoxy groups -OCH3 is 1. The molecule has 0 spiro atoms. The zero-order chi connectivity index (χ0) is 13.8. The molecule has 1 aromatic heterocycles. The highest BCUT2D eigenvalue weighted by molar-refractivity contribution is 7.12. The number of amides is 1. The topological polar surface area (TPSA) is 64.6 Å². The molecule has 1 aliphatic rings. The molecule has 1 amide bonds. The summed E-state index contributed by atoms with van der Waals surface area (Å²) in [5, 5.41) is 4.56. The summed E-state index contributed by atoms with van der Waals surface area (Å²) in [5.74, 6) is -0.664. The molecule has 1 aromatic rings. The van der Waals surface area contributed by atoms with E-state index in [0.29, 0.717) is 17.2 Å². The first-order valence-electron chi connectivity index (χ1n) is 6.25. The molecule has 1 N–H and O–H groups in total. The summed E-state index contributed by atoms with van der Waals surface area (Å²) in [6.07, 6.45) is 1.51. The molecule has 0 bridgehead atoms. The van der Waals surface area contributed by atoms with Gasteiger partial charge in [-0.05, 0) is 24.3 Å². The molecule has 104 valence electrons. The molecule has 2 unspecified atom stereocenters. The summed E-state index contributed by atoms with van der Waals surface area (Å²) < 4.78 is 10.2. The van der Waals surface area contributed by atoms with Crippen LogP contribution in [-0.4, -0.2) is 31.7 Å². The number of ether oxygens (including phenoxy) is 2. The first-order chi connectivity index (χ1) is 9.17. The number of rotatable bonds is 4. The number of hydrogen-bond donors (Lipinski definition) is 1. The van der Waals surface area contributed by atoms with Crippen LogP contribution in [0.4, 0.5) is 5.69 Å². The van der Waals surface area contributed by atoms with Gasteiger partial charge in [0.25, 0.3) is 0 Å². The van der Waals surface area contributed by atoms with E-state index in [0.717, 1.165) is 12.8 Å². The average Bonchev–Trinajstić information content (AvgIpc) is 3.05. The minimum absolute atomic E-state index is 0.0276. The Bertz CT molecular complexity index is 471. The van der Waals surface area contributed by atoms with Crippen LogP contribution in [0, 0.1) is 5.92 Å². The number of thiophene rings is 1. The Labute approximate surface area is 115 Å². The van der Waals surface area contributed by atoms with Crippen LogP contribution in [-0.2, 0) is 14.3 Å². The van der Waals surface area contributed by atoms with Crippen LogP contribution >= 0.6 is 11.3 Å². The Balaban J connectivity index is 2.07. The van der Waals surface area contributed by atoms with Crippen LogP contribution in [0.3, 0.4) is 0 Å². The molecule has 2 atom stereocenters. The molecule has 1 aliphatic heterocycles. The number of anilines is 1. The van der Waals surface area contributed by atoms with Crippen molar-refractivity contribution in [1.82, 2.24) is 0 Å². The summed E-state index contributed by atoms with van der Waals surface area (Å²) in [6, 6.07) is 1.71. The Morgan fingerprint density at radius 2 is 2.37 bits per heavy atom. The van der Waals surface area contributed by atoms with Gasteiger partial charge in [0.1, 0.15) is 4.88 Å². The Kier molecular flexibility index (Phi) is 4.55. The quantitative estimate of drug-likeness (QED) is 0.861. The lowest BCUT2D eigenvalue weighted by Gasteiger charge is -2.16. The summed E-state index contributed by atoms with van der Waals surface area (Å²) in [4.78, 5) is 24.2.